The van der Waals surface area contributed by atoms with Crippen LogP contribution in [0.3, 0.4) is 0 Å². The zero-order chi connectivity index (χ0) is 13.6. The highest BCUT2D eigenvalue weighted by Crippen LogP contribution is 2.16. The third-order valence-corrected chi connectivity index (χ3v) is 5.02. The lowest BCUT2D eigenvalue weighted by molar-refractivity contribution is 0.557. The Bertz CT molecular complexity index is 475. The van der Waals surface area contributed by atoms with E-state index in [1.807, 2.05) is 13.2 Å². The van der Waals surface area contributed by atoms with E-state index >= 15 is 0 Å². The second-order valence-electron chi connectivity index (χ2n) is 3.99. The number of benzene rings is 1. The Balaban J connectivity index is 2.98. The summed E-state index contributed by atoms with van der Waals surface area (Å²) in [6.45, 7) is 2.19. The minimum atomic E-state index is -3.48. The molecule has 0 fully saturated rings. The molecule has 0 saturated carbocycles. The summed E-state index contributed by atoms with van der Waals surface area (Å²) in [5, 5.41) is 0. The van der Waals surface area contributed by atoms with Crippen LogP contribution in [0.5, 0.6) is 0 Å². The summed E-state index contributed by atoms with van der Waals surface area (Å²) in [6.07, 6.45) is 2.73. The fraction of sp³-hybridized carbons (Fsp3) is 0.500. The highest BCUT2D eigenvalue weighted by Gasteiger charge is 2.20. The van der Waals surface area contributed by atoms with Gasteiger partial charge in [0.15, 0.2) is 0 Å². The van der Waals surface area contributed by atoms with Crippen LogP contribution in [0.2, 0.25) is 0 Å². The first-order valence-electron chi connectivity index (χ1n) is 5.84. The molecule has 0 saturated heterocycles. The zero-order valence-electron chi connectivity index (χ0n) is 10.7. The molecule has 1 rings (SSSR count). The quantitative estimate of drug-likeness (QED) is 0.799. The SMILES string of the molecule is CCC(CSC)NS(=O)(=O)c1ccccc1CN. The molecule has 1 aromatic rings. The van der Waals surface area contributed by atoms with E-state index in [0.29, 0.717) is 5.56 Å². The largest absolute Gasteiger partial charge is 0.326 e. The van der Waals surface area contributed by atoms with Crippen LogP contribution in [-0.4, -0.2) is 26.5 Å². The van der Waals surface area contributed by atoms with Crippen molar-refractivity contribution in [1.29, 1.82) is 0 Å². The molecule has 0 aromatic heterocycles. The van der Waals surface area contributed by atoms with Gasteiger partial charge in [-0.25, -0.2) is 13.1 Å². The molecule has 1 aromatic carbocycles. The van der Waals surface area contributed by atoms with E-state index in [0.717, 1.165) is 12.2 Å². The topological polar surface area (TPSA) is 72.2 Å². The third kappa shape index (κ3) is 3.98. The van der Waals surface area contributed by atoms with Crippen LogP contribution in [0.1, 0.15) is 18.9 Å². The molecule has 0 aliphatic carbocycles. The zero-order valence-corrected chi connectivity index (χ0v) is 12.4. The summed E-state index contributed by atoms with van der Waals surface area (Å²) in [7, 11) is -3.48. The van der Waals surface area contributed by atoms with E-state index in [1.54, 1.807) is 36.0 Å². The second kappa shape index (κ2) is 7.13. The van der Waals surface area contributed by atoms with Crippen LogP contribution < -0.4 is 10.5 Å². The lowest BCUT2D eigenvalue weighted by atomic mass is 10.2. The molecule has 18 heavy (non-hydrogen) atoms. The van der Waals surface area contributed by atoms with Crippen molar-refractivity contribution < 1.29 is 8.42 Å². The molecule has 0 aliphatic heterocycles. The number of sulfonamides is 1. The number of hydrogen-bond donors (Lipinski definition) is 2. The minimum absolute atomic E-state index is 0.0455. The second-order valence-corrected chi connectivity index (χ2v) is 6.59. The molecule has 0 aliphatic rings. The van der Waals surface area contributed by atoms with Crippen molar-refractivity contribution in [3.8, 4) is 0 Å². The Kier molecular flexibility index (Phi) is 6.14. The lowest BCUT2D eigenvalue weighted by Crippen LogP contribution is -2.36. The first-order chi connectivity index (χ1) is 8.55. The summed E-state index contributed by atoms with van der Waals surface area (Å²) in [6, 6.07) is 6.79. The molecule has 1 atom stereocenters. The first kappa shape index (κ1) is 15.5. The molecule has 0 spiro atoms. The number of nitrogens with two attached hydrogens (primary N) is 1. The van der Waals surface area contributed by atoms with E-state index < -0.39 is 10.0 Å². The van der Waals surface area contributed by atoms with Gasteiger partial charge in [-0.2, -0.15) is 11.8 Å². The highest BCUT2D eigenvalue weighted by atomic mass is 32.2. The first-order valence-corrected chi connectivity index (χ1v) is 8.72. The van der Waals surface area contributed by atoms with Gasteiger partial charge in [0.1, 0.15) is 0 Å². The van der Waals surface area contributed by atoms with E-state index in [9.17, 15) is 8.42 Å². The fourth-order valence-corrected chi connectivity index (χ4v) is 4.05. The Morgan fingerprint density at radius 2 is 2.06 bits per heavy atom. The summed E-state index contributed by atoms with van der Waals surface area (Å²) in [5.74, 6) is 0.764. The van der Waals surface area contributed by atoms with Crippen molar-refractivity contribution in [3.05, 3.63) is 29.8 Å². The number of thioether (sulfide) groups is 1. The number of hydrogen-bond acceptors (Lipinski definition) is 4. The van der Waals surface area contributed by atoms with Crippen LogP contribution in [0, 0.1) is 0 Å². The van der Waals surface area contributed by atoms with E-state index in [-0.39, 0.29) is 17.5 Å². The Morgan fingerprint density at radius 1 is 1.39 bits per heavy atom. The van der Waals surface area contributed by atoms with E-state index in [1.165, 1.54) is 0 Å². The molecule has 0 amide bonds. The summed E-state index contributed by atoms with van der Waals surface area (Å²) in [5.41, 5.74) is 6.22. The maximum atomic E-state index is 12.3. The van der Waals surface area contributed by atoms with Crippen molar-refractivity contribution in [2.24, 2.45) is 5.73 Å². The van der Waals surface area contributed by atoms with Crippen LogP contribution in [-0.2, 0) is 16.6 Å². The van der Waals surface area contributed by atoms with Gasteiger partial charge in [0.2, 0.25) is 10.0 Å². The maximum Gasteiger partial charge on any atom is 0.241 e. The van der Waals surface area contributed by atoms with Gasteiger partial charge in [-0.1, -0.05) is 25.1 Å². The van der Waals surface area contributed by atoms with Gasteiger partial charge >= 0.3 is 0 Å². The molecule has 0 heterocycles. The molecule has 6 heteroatoms. The van der Waals surface area contributed by atoms with Crippen molar-refractivity contribution in [2.75, 3.05) is 12.0 Å². The van der Waals surface area contributed by atoms with Crippen LogP contribution in [0.15, 0.2) is 29.2 Å². The molecular weight excluding hydrogens is 268 g/mol. The number of rotatable bonds is 7. The van der Waals surface area contributed by atoms with Crippen LogP contribution in [0.25, 0.3) is 0 Å². The molecule has 3 N–H and O–H groups in total. The Morgan fingerprint density at radius 3 is 2.61 bits per heavy atom. The average molecular weight is 288 g/mol. The Hall–Kier alpha value is -0.560. The molecule has 0 radical (unpaired) electrons. The van der Waals surface area contributed by atoms with Crippen LogP contribution in [0.4, 0.5) is 0 Å². The Labute approximate surface area is 113 Å². The van der Waals surface area contributed by atoms with Gasteiger partial charge in [0, 0.05) is 18.3 Å². The molecule has 102 valence electrons. The van der Waals surface area contributed by atoms with Crippen molar-refractivity contribution in [2.45, 2.75) is 30.8 Å². The predicted octanol–water partition coefficient (Wildman–Crippen LogP) is 1.57. The van der Waals surface area contributed by atoms with Crippen LogP contribution >= 0.6 is 11.8 Å². The molecule has 4 nitrogen and oxygen atoms in total. The highest BCUT2D eigenvalue weighted by molar-refractivity contribution is 7.98. The average Bonchev–Trinajstić information content (AvgIpc) is 2.38. The molecular formula is C12H20N2O2S2. The normalized spacial score (nSPS) is 13.5. The summed E-state index contributed by atoms with van der Waals surface area (Å²) < 4.78 is 27.3. The minimum Gasteiger partial charge on any atom is -0.326 e. The lowest BCUT2D eigenvalue weighted by Gasteiger charge is -2.17. The van der Waals surface area contributed by atoms with Gasteiger partial charge in [-0.05, 0) is 24.3 Å². The van der Waals surface area contributed by atoms with Gasteiger partial charge in [-0.3, -0.25) is 0 Å². The maximum absolute atomic E-state index is 12.3. The van der Waals surface area contributed by atoms with Gasteiger partial charge in [0.25, 0.3) is 0 Å². The van der Waals surface area contributed by atoms with E-state index in [2.05, 4.69) is 4.72 Å². The standard InChI is InChI=1S/C12H20N2O2S2/c1-3-11(9-17-2)14-18(15,16)12-7-5-4-6-10(12)8-13/h4-7,11,14H,3,8-9,13H2,1-2H3. The monoisotopic (exact) mass is 288 g/mol. The number of nitrogens with one attached hydrogen (secondary N) is 1. The summed E-state index contributed by atoms with van der Waals surface area (Å²) in [4.78, 5) is 0.284. The fourth-order valence-electron chi connectivity index (χ4n) is 1.65. The summed E-state index contributed by atoms with van der Waals surface area (Å²) >= 11 is 1.63. The molecule has 1 unspecified atom stereocenters. The van der Waals surface area contributed by atoms with Gasteiger partial charge < -0.3 is 5.73 Å². The van der Waals surface area contributed by atoms with Gasteiger partial charge in [0.05, 0.1) is 4.90 Å². The smallest absolute Gasteiger partial charge is 0.241 e. The van der Waals surface area contributed by atoms with Gasteiger partial charge in [-0.15, -0.1) is 0 Å². The van der Waals surface area contributed by atoms with Crippen molar-refractivity contribution in [3.63, 3.8) is 0 Å². The van der Waals surface area contributed by atoms with E-state index in [4.69, 9.17) is 5.73 Å². The van der Waals surface area contributed by atoms with Crippen molar-refractivity contribution in [1.82, 2.24) is 4.72 Å². The third-order valence-electron chi connectivity index (χ3n) is 2.66. The predicted molar refractivity (Wildman–Crippen MR) is 77.1 cm³/mol. The van der Waals surface area contributed by atoms with Crippen molar-refractivity contribution >= 4 is 21.8 Å². The molecule has 0 bridgehead atoms.